The van der Waals surface area contributed by atoms with Crippen LogP contribution in [0.4, 0.5) is 0 Å². The van der Waals surface area contributed by atoms with Gasteiger partial charge in [0.15, 0.2) is 0 Å². The molecule has 1 amide bonds. The third-order valence-corrected chi connectivity index (χ3v) is 1.75. The fourth-order valence-electron chi connectivity index (χ4n) is 1.14. The number of carbonyl (C=O) groups excluding carboxylic acids is 1. The number of hydrogen-bond acceptors (Lipinski definition) is 4. The van der Waals surface area contributed by atoms with Crippen LogP contribution in [0.25, 0.3) is 0 Å². The summed E-state index contributed by atoms with van der Waals surface area (Å²) < 4.78 is 0. The Balaban J connectivity index is 2.21. The van der Waals surface area contributed by atoms with Crippen molar-refractivity contribution in [1.82, 2.24) is 10.8 Å². The van der Waals surface area contributed by atoms with Gasteiger partial charge in [-0.15, -0.1) is 6.42 Å². The van der Waals surface area contributed by atoms with E-state index in [1.807, 2.05) is 0 Å². The summed E-state index contributed by atoms with van der Waals surface area (Å²) in [5.74, 6) is 1.92. The Labute approximate surface area is 76.4 Å². The Morgan fingerprint density at radius 3 is 3.15 bits per heavy atom. The first-order valence-corrected chi connectivity index (χ1v) is 4.00. The van der Waals surface area contributed by atoms with Crippen LogP contribution in [0.5, 0.6) is 0 Å². The molecule has 5 nitrogen and oxygen atoms in total. The molecule has 1 fully saturated rings. The second-order valence-corrected chi connectivity index (χ2v) is 2.81. The number of aliphatic hydroxyl groups is 1. The van der Waals surface area contributed by atoms with Crippen LogP contribution in [-0.2, 0) is 9.63 Å². The fourth-order valence-corrected chi connectivity index (χ4v) is 1.14. The maximum absolute atomic E-state index is 11.2. The average Bonchev–Trinajstić information content (AvgIpc) is 2.52. The molecule has 1 aliphatic heterocycles. The molecule has 0 aliphatic carbocycles. The molecule has 1 aliphatic rings. The maximum Gasteiger partial charge on any atom is 0.260 e. The average molecular weight is 184 g/mol. The third kappa shape index (κ3) is 3.03. The van der Waals surface area contributed by atoms with Gasteiger partial charge in [0.05, 0.1) is 12.1 Å². The maximum atomic E-state index is 11.2. The quantitative estimate of drug-likeness (QED) is 0.280. The minimum absolute atomic E-state index is 0.0427. The number of aliphatic hydroxyl groups excluding tert-OH is 1. The van der Waals surface area contributed by atoms with Crippen molar-refractivity contribution in [2.45, 2.75) is 18.6 Å². The first-order valence-electron chi connectivity index (χ1n) is 4.00. The predicted octanol–water partition coefficient (Wildman–Crippen LogP) is -1.61. The van der Waals surface area contributed by atoms with E-state index in [0.29, 0.717) is 13.0 Å². The molecule has 2 unspecified atom stereocenters. The number of hydrogen-bond donors (Lipinski definition) is 3. The molecule has 0 radical (unpaired) electrons. The van der Waals surface area contributed by atoms with Gasteiger partial charge in [-0.25, -0.2) is 5.48 Å². The molecule has 0 aromatic heterocycles. The predicted molar refractivity (Wildman–Crippen MR) is 45.3 cm³/mol. The van der Waals surface area contributed by atoms with E-state index in [1.165, 1.54) is 0 Å². The Morgan fingerprint density at radius 2 is 2.62 bits per heavy atom. The van der Waals surface area contributed by atoms with E-state index in [2.05, 4.69) is 21.6 Å². The molecule has 0 spiro atoms. The SMILES string of the molecule is C#CCONC(=O)C1CC(O)CN1. The van der Waals surface area contributed by atoms with Crippen molar-refractivity contribution in [3.8, 4) is 12.3 Å². The molecule has 1 saturated heterocycles. The molecular weight excluding hydrogens is 172 g/mol. The van der Waals surface area contributed by atoms with Crippen LogP contribution >= 0.6 is 0 Å². The number of terminal acetylenes is 1. The van der Waals surface area contributed by atoms with Crippen LogP contribution in [0.15, 0.2) is 0 Å². The van der Waals surface area contributed by atoms with Gasteiger partial charge in [0.25, 0.3) is 5.91 Å². The monoisotopic (exact) mass is 184 g/mol. The molecule has 0 saturated carbocycles. The minimum Gasteiger partial charge on any atom is -0.392 e. The van der Waals surface area contributed by atoms with Gasteiger partial charge < -0.3 is 10.4 Å². The zero-order valence-electron chi connectivity index (χ0n) is 7.12. The summed E-state index contributed by atoms with van der Waals surface area (Å²) in [5.41, 5.74) is 2.19. The summed E-state index contributed by atoms with van der Waals surface area (Å²) in [6.07, 6.45) is 4.86. The molecule has 1 rings (SSSR count). The van der Waals surface area contributed by atoms with Gasteiger partial charge in [-0.05, 0) is 6.42 Å². The summed E-state index contributed by atoms with van der Waals surface area (Å²) in [6, 6.07) is -0.382. The lowest BCUT2D eigenvalue weighted by Crippen LogP contribution is -2.40. The summed E-state index contributed by atoms with van der Waals surface area (Å²) in [5, 5.41) is 11.9. The van der Waals surface area contributed by atoms with Gasteiger partial charge in [0.2, 0.25) is 0 Å². The molecule has 72 valence electrons. The summed E-state index contributed by atoms with van der Waals surface area (Å²) >= 11 is 0. The highest BCUT2D eigenvalue weighted by molar-refractivity contribution is 5.81. The van der Waals surface area contributed by atoms with Gasteiger partial charge in [-0.2, -0.15) is 0 Å². The van der Waals surface area contributed by atoms with Gasteiger partial charge in [0.1, 0.15) is 6.61 Å². The lowest BCUT2D eigenvalue weighted by atomic mass is 10.2. The van der Waals surface area contributed by atoms with Crippen LogP contribution in [-0.4, -0.2) is 36.3 Å². The van der Waals surface area contributed by atoms with Crippen molar-refractivity contribution < 1.29 is 14.7 Å². The highest BCUT2D eigenvalue weighted by Crippen LogP contribution is 2.05. The highest BCUT2D eigenvalue weighted by atomic mass is 16.6. The van der Waals surface area contributed by atoms with Crippen molar-refractivity contribution in [3.63, 3.8) is 0 Å². The molecular formula is C8H12N2O3. The largest absolute Gasteiger partial charge is 0.392 e. The Morgan fingerprint density at radius 1 is 1.85 bits per heavy atom. The molecule has 2 atom stereocenters. The van der Waals surface area contributed by atoms with Crippen LogP contribution in [0, 0.1) is 12.3 Å². The van der Waals surface area contributed by atoms with E-state index >= 15 is 0 Å². The normalized spacial score (nSPS) is 26.8. The van der Waals surface area contributed by atoms with E-state index in [0.717, 1.165) is 0 Å². The highest BCUT2D eigenvalue weighted by Gasteiger charge is 2.27. The van der Waals surface area contributed by atoms with Gasteiger partial charge in [-0.3, -0.25) is 9.63 Å². The number of amides is 1. The molecule has 0 bridgehead atoms. The van der Waals surface area contributed by atoms with E-state index in [1.54, 1.807) is 0 Å². The number of β-amino-alcohol motifs (C(OH)–C–C–N with tert-alkyl or cyclic N) is 1. The zero-order chi connectivity index (χ0) is 9.68. The van der Waals surface area contributed by atoms with Crippen molar-refractivity contribution in [2.24, 2.45) is 0 Å². The lowest BCUT2D eigenvalue weighted by Gasteiger charge is -2.08. The van der Waals surface area contributed by atoms with Crippen LogP contribution in [0.3, 0.4) is 0 Å². The first-order chi connectivity index (χ1) is 6.24. The Hall–Kier alpha value is -1.09. The number of hydroxylamine groups is 1. The molecule has 3 N–H and O–H groups in total. The topological polar surface area (TPSA) is 70.6 Å². The van der Waals surface area contributed by atoms with Gasteiger partial charge in [0, 0.05) is 6.54 Å². The van der Waals surface area contributed by atoms with E-state index in [-0.39, 0.29) is 18.6 Å². The van der Waals surface area contributed by atoms with E-state index in [9.17, 15) is 4.79 Å². The summed E-state index contributed by atoms with van der Waals surface area (Å²) in [7, 11) is 0. The molecule has 0 aromatic rings. The molecule has 0 aromatic carbocycles. The zero-order valence-corrected chi connectivity index (χ0v) is 7.12. The number of rotatable bonds is 3. The van der Waals surface area contributed by atoms with Crippen molar-refractivity contribution in [3.05, 3.63) is 0 Å². The lowest BCUT2D eigenvalue weighted by molar-refractivity contribution is -0.134. The van der Waals surface area contributed by atoms with Crippen molar-refractivity contribution in [1.29, 1.82) is 0 Å². The van der Waals surface area contributed by atoms with Gasteiger partial charge >= 0.3 is 0 Å². The first kappa shape index (κ1) is 9.99. The standard InChI is InChI=1S/C8H12N2O3/c1-2-3-13-10-8(12)7-4-6(11)5-9-7/h1,6-7,9,11H,3-5H2,(H,10,12). The second kappa shape index (κ2) is 4.82. The molecule has 13 heavy (non-hydrogen) atoms. The van der Waals surface area contributed by atoms with Crippen molar-refractivity contribution in [2.75, 3.05) is 13.2 Å². The second-order valence-electron chi connectivity index (χ2n) is 2.81. The van der Waals surface area contributed by atoms with Crippen molar-refractivity contribution >= 4 is 5.91 Å². The fraction of sp³-hybridized carbons (Fsp3) is 0.625. The molecule has 5 heteroatoms. The third-order valence-electron chi connectivity index (χ3n) is 1.75. The Bertz CT molecular complexity index is 224. The Kier molecular flexibility index (Phi) is 3.71. The van der Waals surface area contributed by atoms with E-state index < -0.39 is 6.10 Å². The summed E-state index contributed by atoms with van der Waals surface area (Å²) in [6.45, 7) is 0.480. The number of carbonyl (C=O) groups is 1. The minimum atomic E-state index is -0.455. The van der Waals surface area contributed by atoms with Crippen LogP contribution in [0.2, 0.25) is 0 Å². The van der Waals surface area contributed by atoms with E-state index in [4.69, 9.17) is 11.5 Å². The van der Waals surface area contributed by atoms with Crippen LogP contribution < -0.4 is 10.8 Å². The van der Waals surface area contributed by atoms with Crippen LogP contribution in [0.1, 0.15) is 6.42 Å². The smallest absolute Gasteiger partial charge is 0.260 e. The molecule has 1 heterocycles. The summed E-state index contributed by atoms with van der Waals surface area (Å²) in [4.78, 5) is 15.8. The number of nitrogens with one attached hydrogen (secondary N) is 2. The van der Waals surface area contributed by atoms with Gasteiger partial charge in [-0.1, -0.05) is 5.92 Å².